The van der Waals surface area contributed by atoms with Crippen molar-refractivity contribution in [3.05, 3.63) is 99.8 Å². The van der Waals surface area contributed by atoms with E-state index in [1.165, 1.54) is 0 Å². The molecule has 2 aromatic carbocycles. The zero-order valence-electron chi connectivity index (χ0n) is 17.5. The summed E-state index contributed by atoms with van der Waals surface area (Å²) < 4.78 is 9.30. The van der Waals surface area contributed by atoms with Gasteiger partial charge in [-0.3, -0.25) is 0 Å². The van der Waals surface area contributed by atoms with Crippen LogP contribution in [0.3, 0.4) is 0 Å². The molecule has 2 aromatic heterocycles. The van der Waals surface area contributed by atoms with Crippen molar-refractivity contribution in [2.45, 2.75) is 19.8 Å². The fourth-order valence-corrected chi connectivity index (χ4v) is 4.51. The van der Waals surface area contributed by atoms with Crippen LogP contribution in [0.2, 0.25) is 5.15 Å². The molecule has 0 spiro atoms. The van der Waals surface area contributed by atoms with E-state index in [0.29, 0.717) is 22.3 Å². The van der Waals surface area contributed by atoms with E-state index in [2.05, 4.69) is 11.2 Å². The van der Waals surface area contributed by atoms with Crippen molar-refractivity contribution in [1.29, 1.82) is 5.26 Å². The van der Waals surface area contributed by atoms with E-state index in [1.807, 2.05) is 74.5 Å². The first-order chi connectivity index (χ1) is 15.5. The number of halogens is 1. The lowest BCUT2D eigenvalue weighted by atomic mass is 9.84. The molecule has 0 saturated heterocycles. The highest BCUT2D eigenvalue weighted by Crippen LogP contribution is 2.47. The minimum absolute atomic E-state index is 0.0324. The maximum atomic E-state index is 9.97. The first-order valence-electron chi connectivity index (χ1n) is 10.0. The van der Waals surface area contributed by atoms with E-state index in [9.17, 15) is 5.26 Å². The molecular formula is C24H19ClN6O. The van der Waals surface area contributed by atoms with Gasteiger partial charge in [-0.15, -0.1) is 0 Å². The van der Waals surface area contributed by atoms with Gasteiger partial charge in [0.25, 0.3) is 0 Å². The molecule has 0 bridgehead atoms. The average Bonchev–Trinajstić information content (AvgIpc) is 3.29. The largest absolute Gasteiger partial charge is 0.422 e. The molecule has 0 saturated carbocycles. The van der Waals surface area contributed by atoms with Crippen molar-refractivity contribution in [3.63, 3.8) is 0 Å². The molecule has 32 heavy (non-hydrogen) atoms. The van der Waals surface area contributed by atoms with Crippen molar-refractivity contribution in [1.82, 2.24) is 19.6 Å². The number of rotatable bonds is 3. The zero-order valence-corrected chi connectivity index (χ0v) is 18.2. The molecule has 0 aliphatic carbocycles. The Morgan fingerprint density at radius 3 is 2.03 bits per heavy atom. The molecule has 8 heteroatoms. The number of nitrogens with two attached hydrogens (primary N) is 1. The lowest BCUT2D eigenvalue weighted by Crippen LogP contribution is -2.22. The van der Waals surface area contributed by atoms with Crippen LogP contribution in [0.15, 0.2) is 72.1 Å². The molecule has 1 aliphatic rings. The molecular weight excluding hydrogens is 424 g/mol. The molecule has 7 nitrogen and oxygen atoms in total. The SMILES string of the molecule is Cc1nn(-c2ccccc2)c(Cl)c1C1C(C#N)=C(N)Oc2c1c(C)nn2-c1ccccc1. The average molecular weight is 443 g/mol. The van der Waals surface area contributed by atoms with Gasteiger partial charge in [0.15, 0.2) is 0 Å². The van der Waals surface area contributed by atoms with E-state index >= 15 is 0 Å². The summed E-state index contributed by atoms with van der Waals surface area (Å²) in [5.74, 6) is -0.0469. The second kappa shape index (κ2) is 7.59. The maximum absolute atomic E-state index is 9.97. The fraction of sp³-hybridized carbons (Fsp3) is 0.125. The number of fused-ring (bicyclic) bond motifs is 1. The molecule has 1 aliphatic heterocycles. The number of hydrogen-bond donors (Lipinski definition) is 1. The van der Waals surface area contributed by atoms with Gasteiger partial charge in [0.05, 0.1) is 34.2 Å². The lowest BCUT2D eigenvalue weighted by Gasteiger charge is -2.24. The van der Waals surface area contributed by atoms with Gasteiger partial charge in [0.2, 0.25) is 11.8 Å². The number of aromatic nitrogens is 4. The summed E-state index contributed by atoms with van der Waals surface area (Å²) in [6, 6.07) is 21.5. The highest BCUT2D eigenvalue weighted by atomic mass is 35.5. The standard InChI is InChI=1S/C24H19ClN6O/c1-14-19(22(25)30(28-14)16-9-5-3-6-10-16)21-18(13-26)23(27)32-24-20(21)15(2)29-31(24)17-11-7-4-8-12-17/h3-12,21H,27H2,1-2H3. The first kappa shape index (κ1) is 19.9. The van der Waals surface area contributed by atoms with E-state index < -0.39 is 5.92 Å². The third kappa shape index (κ3) is 2.96. The van der Waals surface area contributed by atoms with Crippen molar-refractivity contribution >= 4 is 11.6 Å². The predicted octanol–water partition coefficient (Wildman–Crippen LogP) is 4.55. The smallest absolute Gasteiger partial charge is 0.229 e. The van der Waals surface area contributed by atoms with Crippen molar-refractivity contribution in [2.24, 2.45) is 5.73 Å². The van der Waals surface area contributed by atoms with Gasteiger partial charge in [-0.25, -0.2) is 9.36 Å². The molecule has 4 aromatic rings. The number of ether oxygens (including phenoxy) is 1. The fourth-order valence-electron chi connectivity index (χ4n) is 4.13. The Bertz CT molecular complexity index is 1400. The van der Waals surface area contributed by atoms with Crippen LogP contribution in [-0.2, 0) is 0 Å². The topological polar surface area (TPSA) is 94.7 Å². The molecule has 1 atom stereocenters. The number of nitriles is 1. The Morgan fingerprint density at radius 2 is 1.44 bits per heavy atom. The van der Waals surface area contributed by atoms with E-state index in [1.54, 1.807) is 9.36 Å². The molecule has 1 unspecified atom stereocenters. The number of nitrogens with zero attached hydrogens (tertiary/aromatic N) is 5. The summed E-state index contributed by atoms with van der Waals surface area (Å²) in [5, 5.41) is 19.7. The van der Waals surface area contributed by atoms with Crippen molar-refractivity contribution in [2.75, 3.05) is 0 Å². The molecule has 2 N–H and O–H groups in total. The molecule has 3 heterocycles. The Balaban J connectivity index is 1.75. The third-order valence-electron chi connectivity index (χ3n) is 5.57. The monoisotopic (exact) mass is 442 g/mol. The number of benzene rings is 2. The number of aryl methyl sites for hydroxylation is 2. The van der Waals surface area contributed by atoms with Gasteiger partial charge < -0.3 is 10.5 Å². The van der Waals surface area contributed by atoms with Crippen LogP contribution in [0.25, 0.3) is 11.4 Å². The second-order valence-electron chi connectivity index (χ2n) is 7.51. The molecule has 0 amide bonds. The van der Waals surface area contributed by atoms with Crippen LogP contribution in [0.1, 0.15) is 28.4 Å². The Kier molecular flexibility index (Phi) is 4.72. The van der Waals surface area contributed by atoms with Crippen LogP contribution in [0.5, 0.6) is 5.88 Å². The summed E-state index contributed by atoms with van der Waals surface area (Å²) in [6.07, 6.45) is 0. The molecule has 5 rings (SSSR count). The van der Waals surface area contributed by atoms with Crippen LogP contribution in [-0.4, -0.2) is 19.6 Å². The van der Waals surface area contributed by atoms with Gasteiger partial charge >= 0.3 is 0 Å². The molecule has 0 radical (unpaired) electrons. The first-order valence-corrected chi connectivity index (χ1v) is 10.4. The summed E-state index contributed by atoms with van der Waals surface area (Å²) in [6.45, 7) is 3.76. The summed E-state index contributed by atoms with van der Waals surface area (Å²) >= 11 is 6.87. The normalized spacial score (nSPS) is 15.2. The van der Waals surface area contributed by atoms with Gasteiger partial charge in [-0.1, -0.05) is 48.0 Å². The second-order valence-corrected chi connectivity index (χ2v) is 7.87. The minimum atomic E-state index is -0.550. The number of allylic oxidation sites excluding steroid dienone is 1. The molecule has 158 valence electrons. The van der Waals surface area contributed by atoms with Crippen molar-refractivity contribution < 1.29 is 4.74 Å². The number of para-hydroxylation sites is 2. The van der Waals surface area contributed by atoms with Gasteiger partial charge in [0.1, 0.15) is 16.8 Å². The van der Waals surface area contributed by atoms with Gasteiger partial charge in [-0.2, -0.15) is 15.5 Å². The molecule has 0 fully saturated rings. The quantitative estimate of drug-likeness (QED) is 0.502. The van der Waals surface area contributed by atoms with E-state index in [4.69, 9.17) is 27.2 Å². The highest BCUT2D eigenvalue weighted by Gasteiger charge is 2.39. The van der Waals surface area contributed by atoms with Crippen LogP contribution < -0.4 is 10.5 Å². The van der Waals surface area contributed by atoms with E-state index in [-0.39, 0.29) is 11.5 Å². The van der Waals surface area contributed by atoms with Gasteiger partial charge in [-0.05, 0) is 38.1 Å². The van der Waals surface area contributed by atoms with Crippen LogP contribution >= 0.6 is 11.6 Å². The summed E-state index contributed by atoms with van der Waals surface area (Å²) in [7, 11) is 0. The predicted molar refractivity (Wildman–Crippen MR) is 121 cm³/mol. The van der Waals surface area contributed by atoms with E-state index in [0.717, 1.165) is 22.6 Å². The zero-order chi connectivity index (χ0) is 22.4. The van der Waals surface area contributed by atoms with Gasteiger partial charge in [0, 0.05) is 5.56 Å². The third-order valence-corrected chi connectivity index (χ3v) is 5.93. The van der Waals surface area contributed by atoms with Crippen molar-refractivity contribution in [3.8, 4) is 23.3 Å². The Morgan fingerprint density at radius 1 is 0.906 bits per heavy atom. The summed E-state index contributed by atoms with van der Waals surface area (Å²) in [4.78, 5) is 0. The minimum Gasteiger partial charge on any atom is -0.422 e. The number of hydrogen-bond acceptors (Lipinski definition) is 5. The van der Waals surface area contributed by atoms with Crippen LogP contribution in [0.4, 0.5) is 0 Å². The Hall–Kier alpha value is -4.02. The van der Waals surface area contributed by atoms with Crippen LogP contribution in [0, 0.1) is 25.2 Å². The maximum Gasteiger partial charge on any atom is 0.229 e. The lowest BCUT2D eigenvalue weighted by molar-refractivity contribution is 0.367. The summed E-state index contributed by atoms with van der Waals surface area (Å²) in [5.41, 5.74) is 11.0. The highest BCUT2D eigenvalue weighted by molar-refractivity contribution is 6.30. The Labute approximate surface area is 189 Å².